The van der Waals surface area contributed by atoms with Crippen molar-refractivity contribution in [1.82, 2.24) is 15.2 Å². The van der Waals surface area contributed by atoms with Gasteiger partial charge in [-0.2, -0.15) is 0 Å². The highest BCUT2D eigenvalue weighted by molar-refractivity contribution is 7.22. The Hall–Kier alpha value is -2.29. The second-order valence-electron chi connectivity index (χ2n) is 7.21. The van der Waals surface area contributed by atoms with Crippen LogP contribution in [0.2, 0.25) is 0 Å². The summed E-state index contributed by atoms with van der Waals surface area (Å²) in [6.45, 7) is 2.54. The molecule has 29 heavy (non-hydrogen) atoms. The number of nitrogens with zero attached hydrogens (tertiary/aromatic N) is 2. The van der Waals surface area contributed by atoms with E-state index < -0.39 is 0 Å². The number of hydrogen-bond donors (Lipinski definition) is 2. The number of thiazole rings is 1. The number of piperidine rings is 1. The maximum Gasteiger partial charge on any atom is 0.240 e. The third-order valence-electron chi connectivity index (χ3n) is 5.12. The molecular formula is C21H24N4O2S2. The van der Waals surface area contributed by atoms with Crippen LogP contribution in [0.4, 0.5) is 5.13 Å². The Balaban J connectivity index is 1.18. The van der Waals surface area contributed by atoms with Gasteiger partial charge in [0.05, 0.1) is 16.8 Å². The van der Waals surface area contributed by atoms with Crippen molar-refractivity contribution < 1.29 is 9.59 Å². The van der Waals surface area contributed by atoms with Crippen LogP contribution in [0, 0.1) is 5.92 Å². The van der Waals surface area contributed by atoms with Crippen LogP contribution in [-0.4, -0.2) is 47.9 Å². The standard InChI is InChI=1S/C21H24N4O2S2/c26-19(24-21-23-17-5-1-2-6-18(17)29-21)14-25-11-8-15(9-12-25)20(27)22-10-7-16-4-3-13-28-16/h1-6,13,15H,7-12,14H2,(H,22,27)(H,23,24,26). The maximum atomic E-state index is 12.4. The number of fused-ring (bicyclic) bond motifs is 1. The molecule has 2 aromatic heterocycles. The highest BCUT2D eigenvalue weighted by atomic mass is 32.1. The molecule has 1 saturated heterocycles. The van der Waals surface area contributed by atoms with Crippen LogP contribution >= 0.6 is 22.7 Å². The second-order valence-corrected chi connectivity index (χ2v) is 9.27. The molecule has 0 radical (unpaired) electrons. The van der Waals surface area contributed by atoms with Gasteiger partial charge >= 0.3 is 0 Å². The molecule has 3 heterocycles. The number of carbonyl (C=O) groups is 2. The number of likely N-dealkylation sites (tertiary alicyclic amines) is 1. The van der Waals surface area contributed by atoms with Crippen LogP contribution in [-0.2, 0) is 16.0 Å². The molecule has 0 spiro atoms. The normalized spacial score (nSPS) is 15.4. The van der Waals surface area contributed by atoms with Crippen molar-refractivity contribution in [3.8, 4) is 0 Å². The number of aromatic nitrogens is 1. The van der Waals surface area contributed by atoms with E-state index in [0.29, 0.717) is 18.2 Å². The molecule has 0 saturated carbocycles. The number of amides is 2. The molecule has 1 fully saturated rings. The van der Waals surface area contributed by atoms with Crippen molar-refractivity contribution in [2.24, 2.45) is 5.92 Å². The largest absolute Gasteiger partial charge is 0.355 e. The minimum Gasteiger partial charge on any atom is -0.355 e. The van der Waals surface area contributed by atoms with E-state index in [0.717, 1.165) is 42.6 Å². The summed E-state index contributed by atoms with van der Waals surface area (Å²) >= 11 is 3.20. The second kappa shape index (κ2) is 9.47. The van der Waals surface area contributed by atoms with Crippen molar-refractivity contribution in [2.75, 3.05) is 31.5 Å². The fourth-order valence-corrected chi connectivity index (χ4v) is 5.14. The van der Waals surface area contributed by atoms with E-state index in [-0.39, 0.29) is 17.7 Å². The molecule has 0 atom stereocenters. The van der Waals surface area contributed by atoms with Crippen molar-refractivity contribution >= 4 is 49.8 Å². The zero-order valence-electron chi connectivity index (χ0n) is 16.1. The number of thiophene rings is 1. The Labute approximate surface area is 177 Å². The summed E-state index contributed by atoms with van der Waals surface area (Å²) in [4.78, 5) is 32.6. The lowest BCUT2D eigenvalue weighted by molar-refractivity contribution is -0.126. The van der Waals surface area contributed by atoms with Gasteiger partial charge in [0.25, 0.3) is 0 Å². The minimum atomic E-state index is -0.0529. The molecule has 0 unspecified atom stereocenters. The smallest absolute Gasteiger partial charge is 0.240 e. The lowest BCUT2D eigenvalue weighted by atomic mass is 9.96. The predicted molar refractivity (Wildman–Crippen MR) is 118 cm³/mol. The van der Waals surface area contributed by atoms with Crippen LogP contribution in [0.5, 0.6) is 0 Å². The SMILES string of the molecule is O=C(CN1CCC(C(=O)NCCc2cccs2)CC1)Nc1nc2ccccc2s1. The van der Waals surface area contributed by atoms with Gasteiger partial charge < -0.3 is 10.6 Å². The Morgan fingerprint density at radius 3 is 2.72 bits per heavy atom. The number of benzene rings is 1. The molecular weight excluding hydrogens is 404 g/mol. The molecule has 8 heteroatoms. The van der Waals surface area contributed by atoms with E-state index in [1.165, 1.54) is 16.2 Å². The highest BCUT2D eigenvalue weighted by Crippen LogP contribution is 2.25. The fraction of sp³-hybridized carbons (Fsp3) is 0.381. The van der Waals surface area contributed by atoms with Crippen LogP contribution < -0.4 is 10.6 Å². The first-order valence-electron chi connectivity index (χ1n) is 9.85. The van der Waals surface area contributed by atoms with Gasteiger partial charge in [-0.1, -0.05) is 29.5 Å². The van der Waals surface area contributed by atoms with Crippen molar-refractivity contribution in [3.05, 3.63) is 46.7 Å². The van der Waals surface area contributed by atoms with Gasteiger partial charge in [0.1, 0.15) is 0 Å². The average molecular weight is 429 g/mol. The summed E-state index contributed by atoms with van der Waals surface area (Å²) in [5.74, 6) is 0.130. The molecule has 6 nitrogen and oxygen atoms in total. The third kappa shape index (κ3) is 5.41. The van der Waals surface area contributed by atoms with Gasteiger partial charge in [-0.05, 0) is 55.9 Å². The molecule has 1 aromatic carbocycles. The maximum absolute atomic E-state index is 12.4. The zero-order valence-corrected chi connectivity index (χ0v) is 17.7. The molecule has 1 aliphatic heterocycles. The van der Waals surface area contributed by atoms with Gasteiger partial charge in [0.15, 0.2) is 5.13 Å². The number of hydrogen-bond acceptors (Lipinski definition) is 6. The lowest BCUT2D eigenvalue weighted by Gasteiger charge is -2.30. The Morgan fingerprint density at radius 2 is 1.97 bits per heavy atom. The van der Waals surface area contributed by atoms with E-state index >= 15 is 0 Å². The quantitative estimate of drug-likeness (QED) is 0.605. The van der Waals surface area contributed by atoms with E-state index in [9.17, 15) is 9.59 Å². The molecule has 2 N–H and O–H groups in total. The molecule has 0 bridgehead atoms. The lowest BCUT2D eigenvalue weighted by Crippen LogP contribution is -2.43. The average Bonchev–Trinajstić information content (AvgIpc) is 3.37. The summed E-state index contributed by atoms with van der Waals surface area (Å²) < 4.78 is 1.06. The monoisotopic (exact) mass is 428 g/mol. The van der Waals surface area contributed by atoms with E-state index in [1.54, 1.807) is 11.3 Å². The van der Waals surface area contributed by atoms with Crippen molar-refractivity contribution in [1.29, 1.82) is 0 Å². The van der Waals surface area contributed by atoms with Crippen LogP contribution in [0.1, 0.15) is 17.7 Å². The van der Waals surface area contributed by atoms with Crippen LogP contribution in [0.25, 0.3) is 10.2 Å². The molecule has 0 aliphatic carbocycles. The summed E-state index contributed by atoms with van der Waals surface area (Å²) in [5.41, 5.74) is 0.902. The first-order chi connectivity index (χ1) is 14.2. The topological polar surface area (TPSA) is 74.3 Å². The van der Waals surface area contributed by atoms with Gasteiger partial charge in [0, 0.05) is 17.3 Å². The first-order valence-corrected chi connectivity index (χ1v) is 11.5. The van der Waals surface area contributed by atoms with Gasteiger partial charge in [-0.25, -0.2) is 4.98 Å². The highest BCUT2D eigenvalue weighted by Gasteiger charge is 2.25. The molecule has 2 amide bonds. The van der Waals surface area contributed by atoms with Crippen LogP contribution in [0.3, 0.4) is 0 Å². The number of para-hydroxylation sites is 1. The summed E-state index contributed by atoms with van der Waals surface area (Å²) in [6.07, 6.45) is 2.46. The predicted octanol–water partition coefficient (Wildman–Crippen LogP) is 3.37. The van der Waals surface area contributed by atoms with Crippen LogP contribution in [0.15, 0.2) is 41.8 Å². The Bertz CT molecular complexity index is 929. The van der Waals surface area contributed by atoms with Gasteiger partial charge in [0.2, 0.25) is 11.8 Å². The Morgan fingerprint density at radius 1 is 1.14 bits per heavy atom. The van der Waals surface area contributed by atoms with Gasteiger partial charge in [-0.15, -0.1) is 11.3 Å². The minimum absolute atomic E-state index is 0.0434. The van der Waals surface area contributed by atoms with E-state index in [1.807, 2.05) is 30.3 Å². The van der Waals surface area contributed by atoms with Gasteiger partial charge in [-0.3, -0.25) is 14.5 Å². The molecule has 4 rings (SSSR count). The fourth-order valence-electron chi connectivity index (χ4n) is 3.55. The third-order valence-corrected chi connectivity index (χ3v) is 7.00. The van der Waals surface area contributed by atoms with E-state index in [4.69, 9.17) is 0 Å². The Kier molecular flexibility index (Phi) is 6.53. The molecule has 152 valence electrons. The number of carbonyl (C=O) groups excluding carboxylic acids is 2. The van der Waals surface area contributed by atoms with Crippen molar-refractivity contribution in [3.63, 3.8) is 0 Å². The molecule has 3 aromatic rings. The first kappa shape index (κ1) is 20.0. The molecule has 1 aliphatic rings. The summed E-state index contributed by atoms with van der Waals surface area (Å²) in [7, 11) is 0. The number of anilines is 1. The summed E-state index contributed by atoms with van der Waals surface area (Å²) in [6, 6.07) is 12.0. The van der Waals surface area contributed by atoms with Crippen molar-refractivity contribution in [2.45, 2.75) is 19.3 Å². The van der Waals surface area contributed by atoms with E-state index in [2.05, 4.69) is 32.0 Å². The summed E-state index contributed by atoms with van der Waals surface area (Å²) in [5, 5.41) is 8.65. The number of nitrogens with one attached hydrogen (secondary N) is 2. The zero-order chi connectivity index (χ0) is 20.1. The number of rotatable bonds is 7.